The quantitative estimate of drug-likeness (QED) is 0.731. The molecule has 3 aromatic rings. The minimum absolute atomic E-state index is 0.170. The number of thiophene rings is 1. The number of carbonyl (C=O) groups is 1. The highest BCUT2D eigenvalue weighted by atomic mass is 32.1. The van der Waals surface area contributed by atoms with Crippen LogP contribution in [0.4, 0.5) is 0 Å². The molecule has 4 rings (SSSR count). The number of amides is 1. The molecule has 126 valence electrons. The van der Waals surface area contributed by atoms with Gasteiger partial charge >= 0.3 is 0 Å². The van der Waals surface area contributed by atoms with Crippen LogP contribution in [0.15, 0.2) is 59.0 Å². The van der Waals surface area contributed by atoms with Crippen molar-refractivity contribution in [2.75, 3.05) is 5.43 Å². The Bertz CT molecular complexity index is 1000. The van der Waals surface area contributed by atoms with Crippen molar-refractivity contribution >= 4 is 27.5 Å². The lowest BCUT2D eigenvalue weighted by Gasteiger charge is -2.10. The summed E-state index contributed by atoms with van der Waals surface area (Å²) in [5.74, 6) is 0.0877. The van der Waals surface area contributed by atoms with Crippen LogP contribution in [0.25, 0.3) is 21.3 Å². The standard InChI is InChI=1S/C19H17N3O2S/c23-16(10-13-6-4-5-7-13)21-22-12-20-18-17(19(22)24)15(11-25-18)14-8-2-1-3-9-14/h1-4,6,8-9,11-13H,5,7,10H2,(H,21,23)/t13-/m0/s1. The second kappa shape index (κ2) is 6.64. The molecule has 1 aliphatic carbocycles. The van der Waals surface area contributed by atoms with Crippen LogP contribution in [0.5, 0.6) is 0 Å². The molecule has 6 heteroatoms. The van der Waals surface area contributed by atoms with Gasteiger partial charge in [0.1, 0.15) is 11.2 Å². The van der Waals surface area contributed by atoms with Crippen molar-refractivity contribution in [3.05, 3.63) is 64.5 Å². The maximum atomic E-state index is 12.9. The van der Waals surface area contributed by atoms with Gasteiger partial charge < -0.3 is 0 Å². The van der Waals surface area contributed by atoms with Crippen molar-refractivity contribution < 1.29 is 4.79 Å². The number of benzene rings is 1. The van der Waals surface area contributed by atoms with Crippen LogP contribution in [0.3, 0.4) is 0 Å². The second-order valence-corrected chi connectivity index (χ2v) is 6.98. The Hall–Kier alpha value is -2.73. The van der Waals surface area contributed by atoms with Crippen molar-refractivity contribution in [1.29, 1.82) is 0 Å². The third-order valence-corrected chi connectivity index (χ3v) is 5.27. The van der Waals surface area contributed by atoms with Crippen molar-refractivity contribution in [3.8, 4) is 11.1 Å². The van der Waals surface area contributed by atoms with Crippen molar-refractivity contribution in [2.24, 2.45) is 5.92 Å². The summed E-state index contributed by atoms with van der Waals surface area (Å²) in [4.78, 5) is 30.1. The highest BCUT2D eigenvalue weighted by Crippen LogP contribution is 2.30. The fraction of sp³-hybridized carbons (Fsp3) is 0.211. The van der Waals surface area contributed by atoms with Crippen molar-refractivity contribution in [3.63, 3.8) is 0 Å². The summed E-state index contributed by atoms with van der Waals surface area (Å²) >= 11 is 1.43. The molecule has 1 amide bonds. The van der Waals surface area contributed by atoms with Gasteiger partial charge in [0, 0.05) is 17.4 Å². The summed E-state index contributed by atoms with van der Waals surface area (Å²) in [6.07, 6.45) is 7.93. The van der Waals surface area contributed by atoms with Crippen LogP contribution < -0.4 is 11.0 Å². The SMILES string of the molecule is O=C(C[C@H]1C=CCC1)Nn1cnc2scc(-c3ccccc3)c2c1=O. The molecule has 1 atom stereocenters. The smallest absolute Gasteiger partial charge is 0.273 e. The topological polar surface area (TPSA) is 64.0 Å². The molecule has 0 spiro atoms. The normalized spacial score (nSPS) is 16.4. The lowest BCUT2D eigenvalue weighted by atomic mass is 10.1. The van der Waals surface area contributed by atoms with E-state index in [0.717, 1.165) is 24.0 Å². The van der Waals surface area contributed by atoms with Gasteiger partial charge in [-0.05, 0) is 24.3 Å². The monoisotopic (exact) mass is 351 g/mol. The van der Waals surface area contributed by atoms with E-state index in [1.807, 2.05) is 35.7 Å². The van der Waals surface area contributed by atoms with Gasteiger partial charge in [-0.15, -0.1) is 11.3 Å². The number of rotatable bonds is 4. The number of aromatic nitrogens is 2. The van der Waals surface area contributed by atoms with Crippen molar-refractivity contribution in [2.45, 2.75) is 19.3 Å². The fourth-order valence-electron chi connectivity index (χ4n) is 3.13. The number of fused-ring (bicyclic) bond motifs is 1. The zero-order valence-corrected chi connectivity index (χ0v) is 14.3. The van der Waals surface area contributed by atoms with Gasteiger partial charge in [0.05, 0.1) is 5.39 Å². The highest BCUT2D eigenvalue weighted by molar-refractivity contribution is 7.17. The number of hydrogen-bond acceptors (Lipinski definition) is 4. The van der Waals surface area contributed by atoms with Crippen LogP contribution in [-0.4, -0.2) is 15.6 Å². The average Bonchev–Trinajstić information content (AvgIpc) is 3.28. The summed E-state index contributed by atoms with van der Waals surface area (Å²) in [6.45, 7) is 0. The molecule has 1 N–H and O–H groups in total. The Kier molecular flexibility index (Phi) is 4.19. The number of nitrogens with one attached hydrogen (secondary N) is 1. The minimum Gasteiger partial charge on any atom is -0.273 e. The summed E-state index contributed by atoms with van der Waals surface area (Å²) < 4.78 is 1.20. The first-order valence-corrected chi connectivity index (χ1v) is 9.11. The molecule has 0 saturated heterocycles. The summed E-state index contributed by atoms with van der Waals surface area (Å²) in [5.41, 5.74) is 4.23. The van der Waals surface area contributed by atoms with Crippen LogP contribution in [0, 0.1) is 5.92 Å². The van der Waals surface area contributed by atoms with E-state index in [0.29, 0.717) is 16.6 Å². The van der Waals surface area contributed by atoms with E-state index < -0.39 is 0 Å². The first-order chi connectivity index (χ1) is 12.2. The van der Waals surface area contributed by atoms with Crippen LogP contribution >= 0.6 is 11.3 Å². The van der Waals surface area contributed by atoms with Crippen molar-refractivity contribution in [1.82, 2.24) is 9.66 Å². The number of hydrogen-bond donors (Lipinski definition) is 1. The largest absolute Gasteiger partial charge is 0.281 e. The Balaban J connectivity index is 1.66. The zero-order valence-electron chi connectivity index (χ0n) is 13.5. The van der Waals surface area contributed by atoms with E-state index in [1.165, 1.54) is 22.3 Å². The average molecular weight is 351 g/mol. The van der Waals surface area contributed by atoms with E-state index in [9.17, 15) is 9.59 Å². The lowest BCUT2D eigenvalue weighted by Crippen LogP contribution is -2.33. The third kappa shape index (κ3) is 3.13. The summed E-state index contributed by atoms with van der Waals surface area (Å²) in [5, 5.41) is 2.48. The lowest BCUT2D eigenvalue weighted by molar-refractivity contribution is -0.117. The molecule has 0 unspecified atom stereocenters. The molecule has 0 saturated carbocycles. The Morgan fingerprint density at radius 2 is 2.16 bits per heavy atom. The minimum atomic E-state index is -0.250. The molecule has 1 aliphatic rings. The fourth-order valence-corrected chi connectivity index (χ4v) is 4.03. The van der Waals surface area contributed by atoms with Crippen LogP contribution in [0.2, 0.25) is 0 Å². The second-order valence-electron chi connectivity index (χ2n) is 6.12. The summed E-state index contributed by atoms with van der Waals surface area (Å²) in [7, 11) is 0. The molecule has 5 nitrogen and oxygen atoms in total. The zero-order chi connectivity index (χ0) is 17.2. The van der Waals surface area contributed by atoms with Gasteiger partial charge in [0.15, 0.2) is 0 Å². The Morgan fingerprint density at radius 1 is 1.32 bits per heavy atom. The molecule has 0 aliphatic heterocycles. The van der Waals surface area contributed by atoms with E-state index in [-0.39, 0.29) is 17.4 Å². The molecule has 2 heterocycles. The van der Waals surface area contributed by atoms with Gasteiger partial charge in [0.25, 0.3) is 5.56 Å². The molecular formula is C19H17N3O2S. The molecule has 25 heavy (non-hydrogen) atoms. The number of allylic oxidation sites excluding steroid dienone is 2. The van der Waals surface area contributed by atoms with E-state index in [4.69, 9.17) is 0 Å². The van der Waals surface area contributed by atoms with E-state index >= 15 is 0 Å². The van der Waals surface area contributed by atoms with Crippen LogP contribution in [-0.2, 0) is 4.79 Å². The maximum absolute atomic E-state index is 12.9. The molecular weight excluding hydrogens is 334 g/mol. The van der Waals surface area contributed by atoms with E-state index in [1.54, 1.807) is 0 Å². The first kappa shape index (κ1) is 15.8. The number of carbonyl (C=O) groups excluding carboxylic acids is 1. The third-order valence-electron chi connectivity index (χ3n) is 4.38. The predicted molar refractivity (Wildman–Crippen MR) is 100 cm³/mol. The first-order valence-electron chi connectivity index (χ1n) is 8.23. The Labute approximate surface area is 148 Å². The number of nitrogens with zero attached hydrogens (tertiary/aromatic N) is 2. The highest BCUT2D eigenvalue weighted by Gasteiger charge is 2.17. The molecule has 2 aromatic heterocycles. The molecule has 0 bridgehead atoms. The van der Waals surface area contributed by atoms with Gasteiger partial charge in [-0.3, -0.25) is 15.0 Å². The van der Waals surface area contributed by atoms with E-state index in [2.05, 4.69) is 22.6 Å². The van der Waals surface area contributed by atoms with Crippen LogP contribution in [0.1, 0.15) is 19.3 Å². The van der Waals surface area contributed by atoms with Gasteiger partial charge in [-0.2, -0.15) is 0 Å². The molecule has 1 aromatic carbocycles. The van der Waals surface area contributed by atoms with Gasteiger partial charge in [-0.1, -0.05) is 42.5 Å². The van der Waals surface area contributed by atoms with Gasteiger partial charge in [0.2, 0.25) is 5.91 Å². The molecule has 0 fully saturated rings. The Morgan fingerprint density at radius 3 is 2.92 bits per heavy atom. The molecule has 0 radical (unpaired) electrons. The maximum Gasteiger partial charge on any atom is 0.281 e. The predicted octanol–water partition coefficient (Wildman–Crippen LogP) is 3.55. The summed E-state index contributed by atoms with van der Waals surface area (Å²) in [6, 6.07) is 9.73. The van der Waals surface area contributed by atoms with Gasteiger partial charge in [-0.25, -0.2) is 9.66 Å².